The first-order valence-electron chi connectivity index (χ1n) is 10.0. The molecule has 158 valence electrons. The van der Waals surface area contributed by atoms with E-state index in [1.54, 1.807) is 19.1 Å². The molecule has 0 atom stereocenters. The first-order valence-corrected chi connectivity index (χ1v) is 10.0. The lowest BCUT2D eigenvalue weighted by Gasteiger charge is -2.07. The number of nitrogens with zero attached hydrogens (tertiary/aromatic N) is 1. The van der Waals surface area contributed by atoms with E-state index in [4.69, 9.17) is 9.47 Å². The molecule has 0 aliphatic carbocycles. The van der Waals surface area contributed by atoms with Crippen molar-refractivity contribution in [2.24, 2.45) is 7.05 Å². The number of halogens is 1. The van der Waals surface area contributed by atoms with E-state index in [-0.39, 0.29) is 22.9 Å². The van der Waals surface area contributed by atoms with Crippen molar-refractivity contribution in [2.75, 3.05) is 0 Å². The van der Waals surface area contributed by atoms with Crippen LogP contribution >= 0.6 is 0 Å². The van der Waals surface area contributed by atoms with Crippen LogP contribution in [0.15, 0.2) is 72.6 Å². The number of esters is 1. The molecule has 1 aromatic heterocycles. The summed E-state index contributed by atoms with van der Waals surface area (Å²) in [5.74, 6) is -0.492. The van der Waals surface area contributed by atoms with Crippen molar-refractivity contribution in [2.45, 2.75) is 6.92 Å². The largest absolute Gasteiger partial charge is 0.452 e. The molecule has 0 saturated carbocycles. The number of aryl methyl sites for hydroxylation is 2. The lowest BCUT2D eigenvalue weighted by atomic mass is 10.0. The van der Waals surface area contributed by atoms with Crippen LogP contribution < -0.4 is 9.47 Å². The molecule has 0 unspecified atom stereocenters. The Morgan fingerprint density at radius 3 is 2.62 bits per heavy atom. The van der Waals surface area contributed by atoms with Crippen LogP contribution in [0.2, 0.25) is 0 Å². The molecular formula is C26H18FNO4. The number of fused-ring (bicyclic) bond motifs is 2. The fourth-order valence-corrected chi connectivity index (χ4v) is 3.92. The summed E-state index contributed by atoms with van der Waals surface area (Å²) >= 11 is 0. The minimum atomic E-state index is -0.625. The summed E-state index contributed by atoms with van der Waals surface area (Å²) in [4.78, 5) is 25.4. The van der Waals surface area contributed by atoms with E-state index in [1.165, 1.54) is 30.3 Å². The predicted octanol–water partition coefficient (Wildman–Crippen LogP) is 5.46. The molecule has 6 heteroatoms. The molecule has 0 fully saturated rings. The molecular weight excluding hydrogens is 409 g/mol. The van der Waals surface area contributed by atoms with Crippen LogP contribution in [0.4, 0.5) is 4.39 Å². The highest BCUT2D eigenvalue weighted by molar-refractivity contribution is 6.16. The Morgan fingerprint density at radius 2 is 1.84 bits per heavy atom. The minimum absolute atomic E-state index is 0.210. The number of ether oxygens (including phenoxy) is 2. The van der Waals surface area contributed by atoms with Gasteiger partial charge in [-0.05, 0) is 55.0 Å². The first kappa shape index (κ1) is 19.8. The molecule has 0 radical (unpaired) electrons. The van der Waals surface area contributed by atoms with Gasteiger partial charge in [0.25, 0.3) is 0 Å². The molecule has 0 saturated heterocycles. The molecule has 0 amide bonds. The lowest BCUT2D eigenvalue weighted by Crippen LogP contribution is -2.08. The molecule has 0 N–H and O–H groups in total. The van der Waals surface area contributed by atoms with Crippen molar-refractivity contribution in [3.05, 3.63) is 101 Å². The number of ketones is 1. The molecule has 0 spiro atoms. The maximum atomic E-state index is 13.1. The van der Waals surface area contributed by atoms with E-state index >= 15 is 0 Å². The number of Topliss-reactive ketones (excluding diaryl/α,β-unsaturated/α-hetero) is 1. The third kappa shape index (κ3) is 3.36. The number of allylic oxidation sites excluding steroid dienone is 1. The third-order valence-electron chi connectivity index (χ3n) is 5.45. The third-order valence-corrected chi connectivity index (χ3v) is 5.45. The molecule has 5 rings (SSSR count). The van der Waals surface area contributed by atoms with Gasteiger partial charge < -0.3 is 14.0 Å². The quantitative estimate of drug-likeness (QED) is 0.247. The lowest BCUT2D eigenvalue weighted by molar-refractivity contribution is 0.0734. The number of carbonyl (C=O) groups is 2. The van der Waals surface area contributed by atoms with Crippen LogP contribution in [0.25, 0.3) is 17.0 Å². The van der Waals surface area contributed by atoms with Gasteiger partial charge in [0.15, 0.2) is 5.76 Å². The minimum Gasteiger partial charge on any atom is -0.452 e. The summed E-state index contributed by atoms with van der Waals surface area (Å²) in [7, 11) is 1.95. The summed E-state index contributed by atoms with van der Waals surface area (Å²) in [6.45, 7) is 1.76. The Bertz CT molecular complexity index is 1430. The second-order valence-corrected chi connectivity index (χ2v) is 7.66. The number of rotatable bonds is 3. The fourth-order valence-electron chi connectivity index (χ4n) is 3.92. The topological polar surface area (TPSA) is 57.5 Å². The second-order valence-electron chi connectivity index (χ2n) is 7.66. The van der Waals surface area contributed by atoms with Gasteiger partial charge >= 0.3 is 5.97 Å². The number of hydrogen-bond donors (Lipinski definition) is 0. The van der Waals surface area contributed by atoms with Gasteiger partial charge in [0.2, 0.25) is 5.78 Å². The highest BCUT2D eigenvalue weighted by Gasteiger charge is 2.30. The van der Waals surface area contributed by atoms with Crippen LogP contribution in [-0.4, -0.2) is 16.3 Å². The molecule has 2 heterocycles. The maximum Gasteiger partial charge on any atom is 0.343 e. The Labute approximate surface area is 183 Å². The summed E-state index contributed by atoms with van der Waals surface area (Å²) in [5, 5.41) is 1.01. The van der Waals surface area contributed by atoms with Crippen LogP contribution in [0.3, 0.4) is 0 Å². The smallest absolute Gasteiger partial charge is 0.343 e. The van der Waals surface area contributed by atoms with E-state index in [9.17, 15) is 14.0 Å². The maximum absolute atomic E-state index is 13.1. The number of para-hydroxylation sites is 1. The highest BCUT2D eigenvalue weighted by Crippen LogP contribution is 2.38. The van der Waals surface area contributed by atoms with Gasteiger partial charge in [-0.25, -0.2) is 9.18 Å². The van der Waals surface area contributed by atoms with E-state index in [0.29, 0.717) is 16.9 Å². The standard InChI is InChI=1S/C26H18FNO4/c1-15-11-19(31-26(30)16-7-9-18(27)10-8-16)13-22-24(15)25(29)23(32-22)12-17-14-28(2)21-6-4-3-5-20(17)21/h3-14H,1-2H3/b23-12-. The molecule has 1 aliphatic heterocycles. The zero-order chi connectivity index (χ0) is 22.4. The summed E-state index contributed by atoms with van der Waals surface area (Å²) in [6.07, 6.45) is 3.67. The Hall–Kier alpha value is -4.19. The van der Waals surface area contributed by atoms with Crippen molar-refractivity contribution < 1.29 is 23.5 Å². The van der Waals surface area contributed by atoms with Crippen LogP contribution in [-0.2, 0) is 7.05 Å². The fraction of sp³-hybridized carbons (Fsp3) is 0.0769. The van der Waals surface area contributed by atoms with E-state index in [0.717, 1.165) is 16.5 Å². The number of aromatic nitrogens is 1. The normalized spacial score (nSPS) is 14.0. The summed E-state index contributed by atoms with van der Waals surface area (Å²) < 4.78 is 26.4. The number of carbonyl (C=O) groups excluding carboxylic acids is 2. The van der Waals surface area contributed by atoms with Gasteiger partial charge in [-0.1, -0.05) is 18.2 Å². The van der Waals surface area contributed by atoms with Gasteiger partial charge in [0.1, 0.15) is 17.3 Å². The molecule has 3 aromatic carbocycles. The van der Waals surface area contributed by atoms with Crippen molar-refractivity contribution in [3.63, 3.8) is 0 Å². The van der Waals surface area contributed by atoms with Crippen molar-refractivity contribution in [1.29, 1.82) is 0 Å². The molecule has 32 heavy (non-hydrogen) atoms. The van der Waals surface area contributed by atoms with Gasteiger partial charge in [-0.2, -0.15) is 0 Å². The zero-order valence-electron chi connectivity index (χ0n) is 17.4. The Balaban J connectivity index is 1.45. The average molecular weight is 427 g/mol. The monoisotopic (exact) mass is 427 g/mol. The SMILES string of the molecule is Cc1cc(OC(=O)c2ccc(F)cc2)cc2c1C(=O)/C(=C/c1cn(C)c3ccccc13)O2. The molecule has 4 aromatic rings. The van der Waals surface area contributed by atoms with Gasteiger partial charge in [0, 0.05) is 35.8 Å². The molecule has 0 bridgehead atoms. The molecule has 1 aliphatic rings. The van der Waals surface area contributed by atoms with E-state index in [2.05, 4.69) is 0 Å². The highest BCUT2D eigenvalue weighted by atomic mass is 19.1. The van der Waals surface area contributed by atoms with Crippen LogP contribution in [0, 0.1) is 12.7 Å². The van der Waals surface area contributed by atoms with Crippen LogP contribution in [0.5, 0.6) is 11.5 Å². The summed E-state index contributed by atoms with van der Waals surface area (Å²) in [5.41, 5.74) is 3.22. The number of benzene rings is 3. The first-order chi connectivity index (χ1) is 15.4. The van der Waals surface area contributed by atoms with Gasteiger partial charge in [0.05, 0.1) is 11.1 Å². The van der Waals surface area contributed by atoms with Gasteiger partial charge in [-0.3, -0.25) is 4.79 Å². The molecule has 5 nitrogen and oxygen atoms in total. The van der Waals surface area contributed by atoms with E-state index in [1.807, 2.05) is 42.1 Å². The van der Waals surface area contributed by atoms with Crippen molar-refractivity contribution >= 4 is 28.7 Å². The predicted molar refractivity (Wildman–Crippen MR) is 118 cm³/mol. The average Bonchev–Trinajstić information content (AvgIpc) is 3.25. The van der Waals surface area contributed by atoms with Crippen molar-refractivity contribution in [1.82, 2.24) is 4.57 Å². The second kappa shape index (κ2) is 7.50. The van der Waals surface area contributed by atoms with Gasteiger partial charge in [-0.15, -0.1) is 0 Å². The van der Waals surface area contributed by atoms with Crippen molar-refractivity contribution in [3.8, 4) is 11.5 Å². The Morgan fingerprint density at radius 1 is 1.09 bits per heavy atom. The summed E-state index contributed by atoms with van der Waals surface area (Å²) in [6, 6.07) is 16.1. The zero-order valence-corrected chi connectivity index (χ0v) is 17.4. The van der Waals surface area contributed by atoms with Crippen LogP contribution in [0.1, 0.15) is 31.8 Å². The Kier molecular flexibility index (Phi) is 4.63. The number of hydrogen-bond acceptors (Lipinski definition) is 4. The van der Waals surface area contributed by atoms with E-state index < -0.39 is 11.8 Å².